The first kappa shape index (κ1) is 9.14. The van der Waals surface area contributed by atoms with Crippen molar-refractivity contribution in [1.29, 1.82) is 0 Å². The highest BCUT2D eigenvalue weighted by molar-refractivity contribution is 7.71. The summed E-state index contributed by atoms with van der Waals surface area (Å²) < 4.78 is 4.41. The van der Waals surface area contributed by atoms with Crippen LogP contribution in [0.25, 0.3) is 0 Å². The van der Waals surface area contributed by atoms with E-state index in [2.05, 4.69) is 15.3 Å². The number of aromatic nitrogens is 5. The molecular weight excluding hydrogens is 198 g/mol. The van der Waals surface area contributed by atoms with E-state index in [9.17, 15) is 0 Å². The molecule has 1 N–H and O–H groups in total. The van der Waals surface area contributed by atoms with Crippen LogP contribution in [0.1, 0.15) is 11.5 Å². The first-order chi connectivity index (χ1) is 6.68. The van der Waals surface area contributed by atoms with Crippen LogP contribution >= 0.6 is 12.2 Å². The van der Waals surface area contributed by atoms with Gasteiger partial charge in [0.15, 0.2) is 4.77 Å². The van der Waals surface area contributed by atoms with Crippen molar-refractivity contribution in [2.24, 2.45) is 7.05 Å². The van der Waals surface area contributed by atoms with Crippen LogP contribution in [-0.2, 0) is 13.6 Å². The Bertz CT molecular complexity index is 492. The molecule has 0 aliphatic rings. The molecule has 2 aromatic rings. The lowest BCUT2D eigenvalue weighted by Crippen LogP contribution is -2.07. The Kier molecular flexibility index (Phi) is 2.20. The number of aromatic amines is 1. The van der Waals surface area contributed by atoms with Crippen molar-refractivity contribution in [2.45, 2.75) is 13.5 Å². The Labute approximate surface area is 86.4 Å². The average Bonchev–Trinajstić information content (AvgIpc) is 2.67. The van der Waals surface area contributed by atoms with Crippen molar-refractivity contribution in [2.75, 3.05) is 0 Å². The molecule has 0 aromatic carbocycles. The maximum atomic E-state index is 5.10. The summed E-state index contributed by atoms with van der Waals surface area (Å²) in [7, 11) is 1.91. The second-order valence-corrected chi connectivity index (χ2v) is 3.49. The van der Waals surface area contributed by atoms with Gasteiger partial charge in [-0.2, -0.15) is 10.2 Å². The highest BCUT2D eigenvalue weighted by Crippen LogP contribution is 2.03. The highest BCUT2D eigenvalue weighted by Gasteiger charge is 2.04. The number of H-pyrrole nitrogens is 1. The summed E-state index contributed by atoms with van der Waals surface area (Å²) >= 11 is 5.10. The second kappa shape index (κ2) is 3.38. The van der Waals surface area contributed by atoms with Crippen LogP contribution < -0.4 is 0 Å². The molecule has 0 saturated carbocycles. The van der Waals surface area contributed by atoms with Crippen molar-refractivity contribution in [3.05, 3.63) is 28.6 Å². The predicted molar refractivity (Wildman–Crippen MR) is 54.5 cm³/mol. The maximum absolute atomic E-state index is 5.10. The second-order valence-electron chi connectivity index (χ2n) is 3.11. The quantitative estimate of drug-likeness (QED) is 0.752. The van der Waals surface area contributed by atoms with Gasteiger partial charge in [-0.1, -0.05) is 0 Å². The van der Waals surface area contributed by atoms with Crippen LogP contribution in [0.3, 0.4) is 0 Å². The van der Waals surface area contributed by atoms with E-state index < -0.39 is 0 Å². The van der Waals surface area contributed by atoms with Gasteiger partial charge in [-0.05, 0) is 25.2 Å². The minimum Gasteiger partial charge on any atom is -0.298 e. The molecule has 6 heteroatoms. The van der Waals surface area contributed by atoms with Gasteiger partial charge in [0, 0.05) is 13.2 Å². The first-order valence-corrected chi connectivity index (χ1v) is 4.68. The number of rotatable bonds is 2. The smallest absolute Gasteiger partial charge is 0.195 e. The molecule has 0 atom stereocenters. The molecule has 0 saturated heterocycles. The monoisotopic (exact) mass is 209 g/mol. The summed E-state index contributed by atoms with van der Waals surface area (Å²) in [6.07, 6.45) is 1.77. The molecule has 14 heavy (non-hydrogen) atoms. The summed E-state index contributed by atoms with van der Waals surface area (Å²) in [4.78, 5) is 0. The largest absolute Gasteiger partial charge is 0.298 e. The zero-order valence-electron chi connectivity index (χ0n) is 8.06. The van der Waals surface area contributed by atoms with E-state index in [0.29, 0.717) is 11.3 Å². The number of nitrogens with one attached hydrogen (secondary N) is 1. The third-order valence-corrected chi connectivity index (χ3v) is 2.50. The van der Waals surface area contributed by atoms with Gasteiger partial charge in [-0.3, -0.25) is 14.3 Å². The maximum Gasteiger partial charge on any atom is 0.195 e. The van der Waals surface area contributed by atoms with Gasteiger partial charge in [-0.15, -0.1) is 0 Å². The van der Waals surface area contributed by atoms with E-state index in [4.69, 9.17) is 12.2 Å². The van der Waals surface area contributed by atoms with Crippen molar-refractivity contribution < 1.29 is 0 Å². The summed E-state index contributed by atoms with van der Waals surface area (Å²) in [5.41, 5.74) is 1.10. The Morgan fingerprint density at radius 2 is 2.36 bits per heavy atom. The van der Waals surface area contributed by atoms with E-state index >= 15 is 0 Å². The normalized spacial score (nSPS) is 10.7. The fourth-order valence-electron chi connectivity index (χ4n) is 1.30. The van der Waals surface area contributed by atoms with Crippen molar-refractivity contribution in [3.8, 4) is 0 Å². The third-order valence-electron chi connectivity index (χ3n) is 2.19. The zero-order chi connectivity index (χ0) is 10.1. The lowest BCUT2D eigenvalue weighted by atomic mass is 10.4. The van der Waals surface area contributed by atoms with Crippen molar-refractivity contribution in [3.63, 3.8) is 0 Å². The molecular formula is C8H11N5S. The molecule has 0 aliphatic carbocycles. The van der Waals surface area contributed by atoms with Crippen molar-refractivity contribution >= 4 is 12.2 Å². The van der Waals surface area contributed by atoms with E-state index in [1.165, 1.54) is 0 Å². The van der Waals surface area contributed by atoms with Crippen LogP contribution in [0.2, 0.25) is 0 Å². The molecule has 0 unspecified atom stereocenters. The number of aryl methyl sites for hydroxylation is 2. The number of nitrogens with zero attached hydrogens (tertiary/aromatic N) is 4. The minimum atomic E-state index is 0.642. The molecule has 0 aliphatic heterocycles. The Hall–Kier alpha value is -1.43. The van der Waals surface area contributed by atoms with Gasteiger partial charge < -0.3 is 0 Å². The summed E-state index contributed by atoms with van der Waals surface area (Å²) in [6.45, 7) is 2.63. The predicted octanol–water partition coefficient (Wildman–Crippen LogP) is 1.03. The SMILES string of the molecule is Cc1n[nH]c(=S)n1Cc1ccnn1C. The van der Waals surface area contributed by atoms with Gasteiger partial charge in [0.1, 0.15) is 5.82 Å². The molecule has 0 spiro atoms. The van der Waals surface area contributed by atoms with E-state index in [-0.39, 0.29) is 0 Å². The summed E-state index contributed by atoms with van der Waals surface area (Å²) in [6, 6.07) is 1.97. The fraction of sp³-hybridized carbons (Fsp3) is 0.375. The van der Waals surface area contributed by atoms with Crippen LogP contribution in [-0.4, -0.2) is 24.5 Å². The van der Waals surface area contributed by atoms with Gasteiger partial charge in [0.05, 0.1) is 12.2 Å². The van der Waals surface area contributed by atoms with Gasteiger partial charge in [0.2, 0.25) is 0 Å². The molecule has 5 nitrogen and oxygen atoms in total. The topological polar surface area (TPSA) is 51.4 Å². The molecule has 0 radical (unpaired) electrons. The van der Waals surface area contributed by atoms with Crippen LogP contribution in [0.4, 0.5) is 0 Å². The van der Waals surface area contributed by atoms with E-state index in [0.717, 1.165) is 11.5 Å². The lowest BCUT2D eigenvalue weighted by Gasteiger charge is -2.03. The van der Waals surface area contributed by atoms with E-state index in [1.54, 1.807) is 6.20 Å². The Balaban J connectivity index is 2.36. The first-order valence-electron chi connectivity index (χ1n) is 4.27. The molecule has 2 rings (SSSR count). The highest BCUT2D eigenvalue weighted by atomic mass is 32.1. The standard InChI is InChI=1S/C8H11N5S/c1-6-10-11-8(14)13(6)5-7-3-4-9-12(7)2/h3-4H,5H2,1-2H3,(H,11,14). The molecule has 74 valence electrons. The Morgan fingerprint density at radius 3 is 2.86 bits per heavy atom. The Morgan fingerprint density at radius 1 is 1.57 bits per heavy atom. The van der Waals surface area contributed by atoms with Crippen LogP contribution in [0.5, 0.6) is 0 Å². The third kappa shape index (κ3) is 1.48. The molecule has 0 amide bonds. The molecule has 2 aromatic heterocycles. The lowest BCUT2D eigenvalue weighted by molar-refractivity contribution is 0.651. The van der Waals surface area contributed by atoms with Crippen molar-refractivity contribution in [1.82, 2.24) is 24.5 Å². The van der Waals surface area contributed by atoms with Crippen LogP contribution in [0.15, 0.2) is 12.3 Å². The molecule has 0 fully saturated rings. The van der Waals surface area contributed by atoms with Gasteiger partial charge >= 0.3 is 0 Å². The van der Waals surface area contributed by atoms with Gasteiger partial charge in [0.25, 0.3) is 0 Å². The average molecular weight is 209 g/mol. The summed E-state index contributed by atoms with van der Waals surface area (Å²) in [5, 5.41) is 10.9. The fourth-order valence-corrected chi connectivity index (χ4v) is 1.54. The van der Waals surface area contributed by atoms with Crippen LogP contribution in [0, 0.1) is 11.7 Å². The van der Waals surface area contributed by atoms with Gasteiger partial charge in [-0.25, -0.2) is 0 Å². The minimum absolute atomic E-state index is 0.642. The molecule has 2 heterocycles. The molecule has 0 bridgehead atoms. The summed E-state index contributed by atoms with van der Waals surface area (Å²) in [5.74, 6) is 0.885. The number of hydrogen-bond donors (Lipinski definition) is 1. The zero-order valence-corrected chi connectivity index (χ0v) is 8.88. The number of hydrogen-bond acceptors (Lipinski definition) is 3. The van der Waals surface area contributed by atoms with E-state index in [1.807, 2.05) is 29.3 Å².